The average molecular weight is 385 g/mol. The molecule has 29 heavy (non-hydrogen) atoms. The largest absolute Gasteiger partial charge is 0.355 e. The van der Waals surface area contributed by atoms with Crippen molar-refractivity contribution in [3.8, 4) is 11.3 Å². The zero-order valence-corrected chi connectivity index (χ0v) is 16.7. The molecule has 1 aromatic heterocycles. The second kappa shape index (κ2) is 7.88. The average Bonchev–Trinajstić information content (AvgIpc) is 3.29. The first-order valence-corrected chi connectivity index (χ1v) is 10.7. The Labute approximate surface area is 172 Å². The molecular formula is C25H28N4. The highest BCUT2D eigenvalue weighted by Crippen LogP contribution is 2.31. The Balaban J connectivity index is 1.34. The molecule has 1 saturated carbocycles. The van der Waals surface area contributed by atoms with Gasteiger partial charge >= 0.3 is 0 Å². The zero-order valence-electron chi connectivity index (χ0n) is 16.7. The molecule has 2 N–H and O–H groups in total. The molecule has 5 rings (SSSR count). The molecule has 1 aliphatic carbocycles. The minimum Gasteiger partial charge on any atom is -0.355 e. The number of rotatable bonds is 4. The van der Waals surface area contributed by atoms with Gasteiger partial charge in [0, 0.05) is 35.1 Å². The number of pyridine rings is 1. The minimum absolute atomic E-state index is 0.641. The summed E-state index contributed by atoms with van der Waals surface area (Å²) in [7, 11) is 0. The lowest BCUT2D eigenvalue weighted by Gasteiger charge is -2.35. The topological polar surface area (TPSA) is 45.4 Å². The van der Waals surface area contributed by atoms with Crippen LogP contribution in [0.1, 0.15) is 25.7 Å². The van der Waals surface area contributed by atoms with E-state index in [-0.39, 0.29) is 0 Å². The quantitative estimate of drug-likeness (QED) is 0.690. The van der Waals surface area contributed by atoms with E-state index in [9.17, 15) is 0 Å². The zero-order chi connectivity index (χ0) is 19.6. The van der Waals surface area contributed by atoms with Gasteiger partial charge in [-0.15, -0.1) is 0 Å². The van der Waals surface area contributed by atoms with Gasteiger partial charge in [-0.05, 0) is 56.3 Å². The minimum atomic E-state index is 0.641. The highest BCUT2D eigenvalue weighted by atomic mass is 15.4. The predicted molar refractivity (Wildman–Crippen MR) is 120 cm³/mol. The molecule has 1 fully saturated rings. The molecule has 0 saturated heterocycles. The Morgan fingerprint density at radius 3 is 2.48 bits per heavy atom. The molecule has 0 atom stereocenters. The Hall–Kier alpha value is -2.85. The van der Waals surface area contributed by atoms with Gasteiger partial charge < -0.3 is 15.5 Å². The molecule has 148 valence electrons. The summed E-state index contributed by atoms with van der Waals surface area (Å²) >= 11 is 0. The summed E-state index contributed by atoms with van der Waals surface area (Å²) in [5.74, 6) is 0.722. The lowest BCUT2D eigenvalue weighted by Crippen LogP contribution is -2.37. The van der Waals surface area contributed by atoms with E-state index in [1.807, 2.05) is 6.07 Å². The molecule has 4 heteroatoms. The van der Waals surface area contributed by atoms with Crippen LogP contribution < -0.4 is 10.6 Å². The molecular weight excluding hydrogens is 356 g/mol. The van der Waals surface area contributed by atoms with Gasteiger partial charge in [0.05, 0.1) is 17.9 Å². The second-order valence-electron chi connectivity index (χ2n) is 8.27. The summed E-state index contributed by atoms with van der Waals surface area (Å²) in [6, 6.07) is 21.9. The number of nitrogens with two attached hydrogens (primary N) is 1. The SMILES string of the molecule is NCC1CCC(N2C=CN(c3ccc4ccc(-c5ccccc5)nc4c3)C2)CC1. The van der Waals surface area contributed by atoms with Crippen molar-refractivity contribution in [1.82, 2.24) is 9.88 Å². The summed E-state index contributed by atoms with van der Waals surface area (Å²) in [6.45, 7) is 1.76. The number of anilines is 1. The first-order valence-electron chi connectivity index (χ1n) is 10.7. The Bertz CT molecular complexity index is 1010. The summed E-state index contributed by atoms with van der Waals surface area (Å²) in [5.41, 5.74) is 10.3. The van der Waals surface area contributed by atoms with Crippen LogP contribution >= 0.6 is 0 Å². The van der Waals surface area contributed by atoms with Gasteiger partial charge in [-0.25, -0.2) is 4.98 Å². The van der Waals surface area contributed by atoms with Crippen molar-refractivity contribution in [2.24, 2.45) is 11.7 Å². The lowest BCUT2D eigenvalue weighted by molar-refractivity contribution is 0.199. The molecule has 0 amide bonds. The maximum Gasteiger partial charge on any atom is 0.0944 e. The third kappa shape index (κ3) is 3.73. The third-order valence-corrected chi connectivity index (χ3v) is 6.45. The van der Waals surface area contributed by atoms with E-state index >= 15 is 0 Å². The van der Waals surface area contributed by atoms with E-state index in [4.69, 9.17) is 10.7 Å². The molecule has 1 aliphatic heterocycles. The molecule has 0 bridgehead atoms. The van der Waals surface area contributed by atoms with Crippen LogP contribution in [-0.4, -0.2) is 29.1 Å². The Morgan fingerprint density at radius 1 is 0.897 bits per heavy atom. The molecule has 0 radical (unpaired) electrons. The smallest absolute Gasteiger partial charge is 0.0944 e. The third-order valence-electron chi connectivity index (χ3n) is 6.45. The van der Waals surface area contributed by atoms with Crippen LogP contribution in [0, 0.1) is 5.92 Å². The van der Waals surface area contributed by atoms with Crippen LogP contribution in [0.3, 0.4) is 0 Å². The van der Waals surface area contributed by atoms with Gasteiger partial charge in [0.2, 0.25) is 0 Å². The summed E-state index contributed by atoms with van der Waals surface area (Å²) in [6.07, 6.45) is 9.48. The van der Waals surface area contributed by atoms with Crippen LogP contribution in [0.2, 0.25) is 0 Å². The fourth-order valence-electron chi connectivity index (χ4n) is 4.61. The number of fused-ring (bicyclic) bond motifs is 1. The number of hydrogen-bond acceptors (Lipinski definition) is 4. The predicted octanol–water partition coefficient (Wildman–Crippen LogP) is 4.97. The maximum atomic E-state index is 5.85. The van der Waals surface area contributed by atoms with Gasteiger partial charge in [-0.3, -0.25) is 0 Å². The van der Waals surface area contributed by atoms with Crippen LogP contribution in [-0.2, 0) is 0 Å². The van der Waals surface area contributed by atoms with Gasteiger partial charge in [0.15, 0.2) is 0 Å². The van der Waals surface area contributed by atoms with Gasteiger partial charge in [0.25, 0.3) is 0 Å². The molecule has 2 aromatic carbocycles. The molecule has 3 aromatic rings. The monoisotopic (exact) mass is 384 g/mol. The van der Waals surface area contributed by atoms with Crippen molar-refractivity contribution >= 4 is 16.6 Å². The van der Waals surface area contributed by atoms with E-state index < -0.39 is 0 Å². The Kier molecular flexibility index (Phi) is 4.94. The Morgan fingerprint density at radius 2 is 1.69 bits per heavy atom. The summed E-state index contributed by atoms with van der Waals surface area (Å²) in [5, 5.41) is 1.17. The van der Waals surface area contributed by atoms with E-state index in [0.29, 0.717) is 6.04 Å². The number of hydrogen-bond donors (Lipinski definition) is 1. The van der Waals surface area contributed by atoms with Crippen molar-refractivity contribution in [1.29, 1.82) is 0 Å². The molecule has 2 heterocycles. The van der Waals surface area contributed by atoms with E-state index in [1.54, 1.807) is 0 Å². The maximum absolute atomic E-state index is 5.85. The van der Waals surface area contributed by atoms with Gasteiger partial charge in [-0.2, -0.15) is 0 Å². The van der Waals surface area contributed by atoms with Crippen molar-refractivity contribution < 1.29 is 0 Å². The second-order valence-corrected chi connectivity index (χ2v) is 8.27. The van der Waals surface area contributed by atoms with Crippen molar-refractivity contribution in [3.63, 3.8) is 0 Å². The highest BCUT2D eigenvalue weighted by Gasteiger charge is 2.26. The van der Waals surface area contributed by atoms with Crippen LogP contribution in [0.25, 0.3) is 22.2 Å². The number of aromatic nitrogens is 1. The first kappa shape index (κ1) is 18.2. The van der Waals surface area contributed by atoms with Crippen molar-refractivity contribution in [3.05, 3.63) is 73.1 Å². The first-order chi connectivity index (χ1) is 14.3. The van der Waals surface area contributed by atoms with Gasteiger partial charge in [-0.1, -0.05) is 42.5 Å². The highest BCUT2D eigenvalue weighted by molar-refractivity contribution is 5.85. The van der Waals surface area contributed by atoms with Crippen LogP contribution in [0.15, 0.2) is 73.1 Å². The fourth-order valence-corrected chi connectivity index (χ4v) is 4.61. The van der Waals surface area contributed by atoms with E-state index in [0.717, 1.165) is 35.9 Å². The standard InChI is InChI=1S/C25H28N4/c26-17-19-6-10-22(11-7-19)28-14-15-29(18-28)23-12-8-21-9-13-24(27-25(21)16-23)20-4-2-1-3-5-20/h1-5,8-9,12-16,19,22H,6-7,10-11,17-18,26H2. The number of benzene rings is 2. The lowest BCUT2D eigenvalue weighted by atomic mass is 9.85. The van der Waals surface area contributed by atoms with Gasteiger partial charge in [0.1, 0.15) is 0 Å². The normalized spacial score (nSPS) is 21.8. The van der Waals surface area contributed by atoms with Crippen LogP contribution in [0.5, 0.6) is 0 Å². The summed E-state index contributed by atoms with van der Waals surface area (Å²) in [4.78, 5) is 9.74. The van der Waals surface area contributed by atoms with Crippen molar-refractivity contribution in [2.45, 2.75) is 31.7 Å². The molecule has 2 aliphatic rings. The molecule has 0 spiro atoms. The van der Waals surface area contributed by atoms with Crippen molar-refractivity contribution in [2.75, 3.05) is 18.1 Å². The molecule has 0 unspecified atom stereocenters. The summed E-state index contributed by atoms with van der Waals surface area (Å²) < 4.78 is 0. The van der Waals surface area contributed by atoms with E-state index in [2.05, 4.69) is 76.8 Å². The van der Waals surface area contributed by atoms with Crippen LogP contribution in [0.4, 0.5) is 5.69 Å². The number of nitrogens with zero attached hydrogens (tertiary/aromatic N) is 3. The molecule has 4 nitrogen and oxygen atoms in total. The van der Waals surface area contributed by atoms with E-state index in [1.165, 1.54) is 36.8 Å². The fraction of sp³-hybridized carbons (Fsp3) is 0.320.